The van der Waals surface area contributed by atoms with Gasteiger partial charge in [0.1, 0.15) is 4.90 Å². The summed E-state index contributed by atoms with van der Waals surface area (Å²) in [5.41, 5.74) is 0.138. The minimum Gasteiger partial charge on any atom is -0.345 e. The third kappa shape index (κ3) is 3.12. The summed E-state index contributed by atoms with van der Waals surface area (Å²) in [5, 5.41) is 9.91. The second-order valence-corrected chi connectivity index (χ2v) is 9.60. The third-order valence-electron chi connectivity index (χ3n) is 5.65. The Hall–Kier alpha value is -2.72. The van der Waals surface area contributed by atoms with Crippen LogP contribution in [0.5, 0.6) is 0 Å². The highest BCUT2D eigenvalue weighted by molar-refractivity contribution is 7.89. The maximum Gasteiger partial charge on any atom is 0.253 e. The molecule has 0 unspecified atom stereocenters. The van der Waals surface area contributed by atoms with Gasteiger partial charge in [0.05, 0.1) is 28.4 Å². The third-order valence-corrected chi connectivity index (χ3v) is 7.56. The smallest absolute Gasteiger partial charge is 0.253 e. The van der Waals surface area contributed by atoms with Crippen LogP contribution in [0.1, 0.15) is 29.9 Å². The minimum absolute atomic E-state index is 0.00191. The van der Waals surface area contributed by atoms with Crippen molar-refractivity contribution in [2.24, 2.45) is 5.92 Å². The molecule has 0 spiro atoms. The van der Waals surface area contributed by atoms with Gasteiger partial charge < -0.3 is 10.6 Å². The number of amides is 2. The molecule has 2 atom stereocenters. The van der Waals surface area contributed by atoms with Crippen LogP contribution in [0.25, 0.3) is 0 Å². The number of nitrogens with zero attached hydrogens (tertiary/aromatic N) is 3. The molecule has 0 aliphatic carbocycles. The summed E-state index contributed by atoms with van der Waals surface area (Å²) in [5.74, 6) is -1.39. The van der Waals surface area contributed by atoms with Gasteiger partial charge in [-0.25, -0.2) is 8.42 Å². The fourth-order valence-electron chi connectivity index (χ4n) is 4.02. The summed E-state index contributed by atoms with van der Waals surface area (Å²) >= 11 is 0. The van der Waals surface area contributed by atoms with Gasteiger partial charge in [0.15, 0.2) is 0 Å². The Morgan fingerprint density at radius 3 is 2.69 bits per heavy atom. The molecule has 1 aromatic heterocycles. The average Bonchev–Trinajstić information content (AvgIpc) is 3.22. The van der Waals surface area contributed by atoms with E-state index in [4.69, 9.17) is 0 Å². The van der Waals surface area contributed by atoms with Gasteiger partial charge in [0.2, 0.25) is 15.9 Å². The van der Waals surface area contributed by atoms with E-state index in [1.165, 1.54) is 10.5 Å². The summed E-state index contributed by atoms with van der Waals surface area (Å²) in [6.07, 6.45) is 1.50. The van der Waals surface area contributed by atoms with Gasteiger partial charge in [-0.2, -0.15) is 9.40 Å². The van der Waals surface area contributed by atoms with Gasteiger partial charge >= 0.3 is 0 Å². The molecule has 2 aliphatic rings. The second kappa shape index (κ2) is 6.67. The number of carbonyl (C=O) groups excluding carboxylic acids is 2. The first kappa shape index (κ1) is 19.6. The van der Waals surface area contributed by atoms with E-state index < -0.39 is 21.5 Å². The number of hydrogen-bond acceptors (Lipinski definition) is 5. The standard InChI is InChI=1S/C19H23N5O4S/c1-4-23-10-16(12(2)22-23)29(27,28)24-9-14-18(26)20-15-8-6-5-7-13(15)17(25)21-19(14,3)11-24/h5-8,10,14H,4,9,11H2,1-3H3,(H,20,26)(H,21,25)/t14-,19-/m0/s1. The number of benzene rings is 1. The molecule has 154 valence electrons. The van der Waals surface area contributed by atoms with Crippen LogP contribution < -0.4 is 10.6 Å². The Morgan fingerprint density at radius 1 is 1.28 bits per heavy atom. The molecule has 2 aromatic rings. The zero-order valence-corrected chi connectivity index (χ0v) is 17.3. The van der Waals surface area contributed by atoms with E-state index in [0.29, 0.717) is 23.5 Å². The van der Waals surface area contributed by atoms with E-state index in [1.807, 2.05) is 6.92 Å². The van der Waals surface area contributed by atoms with Gasteiger partial charge in [-0.1, -0.05) is 12.1 Å². The van der Waals surface area contributed by atoms with E-state index >= 15 is 0 Å². The molecule has 2 amide bonds. The van der Waals surface area contributed by atoms with Crippen molar-refractivity contribution in [2.45, 2.75) is 37.8 Å². The molecule has 2 aliphatic heterocycles. The molecule has 0 bridgehead atoms. The molecular formula is C19H23N5O4S. The molecule has 1 saturated heterocycles. The Balaban J connectivity index is 1.70. The highest BCUT2D eigenvalue weighted by Crippen LogP contribution is 2.35. The number of rotatable bonds is 3. The fraction of sp³-hybridized carbons (Fsp3) is 0.421. The van der Waals surface area contributed by atoms with Gasteiger partial charge in [-0.05, 0) is 32.9 Å². The van der Waals surface area contributed by atoms with Crippen molar-refractivity contribution < 1.29 is 18.0 Å². The SMILES string of the molecule is CCn1cc(S(=O)(=O)N2C[C@H]3C(=O)Nc4ccccc4C(=O)N[C@@]3(C)C2)c(C)n1. The number of aromatic nitrogens is 2. The molecule has 1 fully saturated rings. The first-order valence-electron chi connectivity index (χ1n) is 9.42. The lowest BCUT2D eigenvalue weighted by molar-refractivity contribution is -0.120. The van der Waals surface area contributed by atoms with E-state index in [2.05, 4.69) is 15.7 Å². The quantitative estimate of drug-likeness (QED) is 0.773. The van der Waals surface area contributed by atoms with Gasteiger partial charge in [0, 0.05) is 25.8 Å². The number of fused-ring (bicyclic) bond motifs is 2. The lowest BCUT2D eigenvalue weighted by Gasteiger charge is -2.33. The zero-order valence-electron chi connectivity index (χ0n) is 16.5. The molecule has 4 rings (SSSR count). The highest BCUT2D eigenvalue weighted by Gasteiger charge is 2.52. The van der Waals surface area contributed by atoms with Crippen molar-refractivity contribution in [3.8, 4) is 0 Å². The monoisotopic (exact) mass is 417 g/mol. The second-order valence-electron chi connectivity index (χ2n) is 7.69. The topological polar surface area (TPSA) is 113 Å². The largest absolute Gasteiger partial charge is 0.345 e. The predicted octanol–water partition coefficient (Wildman–Crippen LogP) is 0.973. The molecule has 29 heavy (non-hydrogen) atoms. The Morgan fingerprint density at radius 2 is 2.00 bits per heavy atom. The highest BCUT2D eigenvalue weighted by atomic mass is 32.2. The van der Waals surface area contributed by atoms with Crippen LogP contribution in [-0.4, -0.2) is 52.9 Å². The number of anilines is 1. The predicted molar refractivity (Wildman–Crippen MR) is 106 cm³/mol. The number of aryl methyl sites for hydroxylation is 2. The van der Waals surface area contributed by atoms with Crippen LogP contribution in [0.3, 0.4) is 0 Å². The molecule has 10 heteroatoms. The maximum absolute atomic E-state index is 13.3. The first-order valence-corrected chi connectivity index (χ1v) is 10.9. The number of hydrogen-bond donors (Lipinski definition) is 2. The number of para-hydroxylation sites is 1. The zero-order chi connectivity index (χ0) is 21.0. The maximum atomic E-state index is 13.3. The molecule has 0 radical (unpaired) electrons. The average molecular weight is 417 g/mol. The Kier molecular flexibility index (Phi) is 4.50. The summed E-state index contributed by atoms with van der Waals surface area (Å²) in [6.45, 7) is 5.75. The van der Waals surface area contributed by atoms with Gasteiger partial charge in [-0.15, -0.1) is 0 Å². The fourth-order valence-corrected chi connectivity index (χ4v) is 5.75. The van der Waals surface area contributed by atoms with Crippen molar-refractivity contribution in [1.82, 2.24) is 19.4 Å². The van der Waals surface area contributed by atoms with Crippen molar-refractivity contribution in [3.63, 3.8) is 0 Å². The van der Waals surface area contributed by atoms with Crippen LogP contribution in [-0.2, 0) is 21.4 Å². The molecular weight excluding hydrogens is 394 g/mol. The van der Waals surface area contributed by atoms with Crippen molar-refractivity contribution >= 4 is 27.5 Å². The molecule has 1 aromatic carbocycles. The van der Waals surface area contributed by atoms with E-state index in [9.17, 15) is 18.0 Å². The lowest BCUT2D eigenvalue weighted by Crippen LogP contribution is -2.56. The summed E-state index contributed by atoms with van der Waals surface area (Å²) in [4.78, 5) is 25.9. The minimum atomic E-state index is -3.87. The van der Waals surface area contributed by atoms with Crippen LogP contribution in [0.2, 0.25) is 0 Å². The van der Waals surface area contributed by atoms with Crippen LogP contribution >= 0.6 is 0 Å². The molecule has 0 saturated carbocycles. The number of carbonyl (C=O) groups is 2. The van der Waals surface area contributed by atoms with Crippen LogP contribution in [0.15, 0.2) is 35.4 Å². The Bertz CT molecular complexity index is 1110. The van der Waals surface area contributed by atoms with Crippen LogP contribution in [0.4, 0.5) is 5.69 Å². The van der Waals surface area contributed by atoms with Crippen molar-refractivity contribution in [1.29, 1.82) is 0 Å². The van der Waals surface area contributed by atoms with Crippen molar-refractivity contribution in [2.75, 3.05) is 18.4 Å². The molecule has 9 nitrogen and oxygen atoms in total. The Labute approximate surface area is 169 Å². The van der Waals surface area contributed by atoms with E-state index in [-0.39, 0.29) is 29.8 Å². The lowest BCUT2D eigenvalue weighted by atomic mass is 9.86. The first-order chi connectivity index (χ1) is 13.7. The molecule has 2 N–H and O–H groups in total. The molecule has 3 heterocycles. The van der Waals surface area contributed by atoms with Crippen LogP contribution in [0, 0.1) is 12.8 Å². The van der Waals surface area contributed by atoms with Gasteiger partial charge in [0.25, 0.3) is 5.91 Å². The van der Waals surface area contributed by atoms with E-state index in [1.54, 1.807) is 42.8 Å². The summed E-state index contributed by atoms with van der Waals surface area (Å²) in [7, 11) is -3.87. The summed E-state index contributed by atoms with van der Waals surface area (Å²) in [6, 6.07) is 6.72. The number of nitrogens with one attached hydrogen (secondary N) is 2. The van der Waals surface area contributed by atoms with Crippen molar-refractivity contribution in [3.05, 3.63) is 41.7 Å². The van der Waals surface area contributed by atoms with E-state index in [0.717, 1.165) is 0 Å². The van der Waals surface area contributed by atoms with Gasteiger partial charge in [-0.3, -0.25) is 14.3 Å². The summed E-state index contributed by atoms with van der Waals surface area (Å²) < 4.78 is 29.4. The number of sulfonamides is 1. The normalized spacial score (nSPS) is 24.9.